The van der Waals surface area contributed by atoms with Crippen LogP contribution in [0.1, 0.15) is 31.3 Å². The van der Waals surface area contributed by atoms with E-state index in [1.165, 1.54) is 0 Å². The Balaban J connectivity index is 2.42. The van der Waals surface area contributed by atoms with Gasteiger partial charge in [-0.2, -0.15) is 0 Å². The zero-order valence-electron chi connectivity index (χ0n) is 11.0. The van der Waals surface area contributed by atoms with E-state index in [1.807, 2.05) is 24.5 Å². The number of imidazole rings is 1. The summed E-state index contributed by atoms with van der Waals surface area (Å²) >= 11 is 8.47. The van der Waals surface area contributed by atoms with Gasteiger partial charge in [-0.1, -0.05) is 24.6 Å². The molecule has 3 nitrogen and oxygen atoms in total. The molecule has 0 aliphatic rings. The van der Waals surface area contributed by atoms with Crippen LogP contribution in [0.3, 0.4) is 0 Å². The molecule has 0 saturated heterocycles. The second kappa shape index (κ2) is 6.72. The van der Waals surface area contributed by atoms with Gasteiger partial charge in [0, 0.05) is 22.5 Å². The zero-order chi connectivity index (χ0) is 13.8. The molecule has 0 saturated carbocycles. The molecule has 102 valence electrons. The molecule has 2 rings (SSSR count). The smallest absolute Gasteiger partial charge is 0.130 e. The first-order valence-electron chi connectivity index (χ1n) is 6.36. The summed E-state index contributed by atoms with van der Waals surface area (Å²) in [5.41, 5.74) is 1.15. The molecule has 0 radical (unpaired) electrons. The number of aromatic nitrogens is 2. The largest absolute Gasteiger partial charge is 0.334 e. The normalized spacial score (nSPS) is 12.6. The molecule has 5 heteroatoms. The van der Waals surface area contributed by atoms with Gasteiger partial charge in [0.1, 0.15) is 5.82 Å². The van der Waals surface area contributed by atoms with Crippen molar-refractivity contribution in [1.82, 2.24) is 14.9 Å². The maximum Gasteiger partial charge on any atom is 0.130 e. The Kier molecular flexibility index (Phi) is 5.24. The molecule has 19 heavy (non-hydrogen) atoms. The molecule has 0 fully saturated rings. The summed E-state index contributed by atoms with van der Waals surface area (Å²) in [5, 5.41) is 4.27. The van der Waals surface area contributed by atoms with Gasteiger partial charge in [-0.3, -0.25) is 0 Å². The minimum Gasteiger partial charge on any atom is -0.334 e. The fourth-order valence-corrected chi connectivity index (χ4v) is 2.63. The highest BCUT2D eigenvalue weighted by Gasteiger charge is 2.18. The van der Waals surface area contributed by atoms with E-state index in [-0.39, 0.29) is 6.04 Å². The highest BCUT2D eigenvalue weighted by atomic mass is 127. The van der Waals surface area contributed by atoms with Gasteiger partial charge >= 0.3 is 0 Å². The molecular weight excluding hydrogens is 373 g/mol. The van der Waals surface area contributed by atoms with Gasteiger partial charge in [0.05, 0.1) is 11.1 Å². The van der Waals surface area contributed by atoms with Gasteiger partial charge in [-0.15, -0.1) is 0 Å². The van der Waals surface area contributed by atoms with E-state index < -0.39 is 0 Å². The molecule has 1 N–H and O–H groups in total. The monoisotopic (exact) mass is 389 g/mol. The Morgan fingerprint density at radius 1 is 1.42 bits per heavy atom. The van der Waals surface area contributed by atoms with Crippen LogP contribution in [0.15, 0.2) is 30.6 Å². The number of nitrogens with zero attached hydrogens (tertiary/aromatic N) is 2. The van der Waals surface area contributed by atoms with E-state index in [0.717, 1.165) is 33.1 Å². The molecule has 0 aliphatic heterocycles. The van der Waals surface area contributed by atoms with Crippen LogP contribution in [-0.4, -0.2) is 16.1 Å². The highest BCUT2D eigenvalue weighted by Crippen LogP contribution is 2.26. The topological polar surface area (TPSA) is 29.9 Å². The van der Waals surface area contributed by atoms with Gasteiger partial charge in [-0.25, -0.2) is 4.98 Å². The van der Waals surface area contributed by atoms with Crippen LogP contribution in [0.25, 0.3) is 0 Å². The van der Waals surface area contributed by atoms with Crippen LogP contribution >= 0.6 is 34.2 Å². The quantitative estimate of drug-likeness (QED) is 0.787. The first-order chi connectivity index (χ1) is 9.17. The Morgan fingerprint density at radius 3 is 2.84 bits per heavy atom. The van der Waals surface area contributed by atoms with E-state index in [1.54, 1.807) is 0 Å². The first-order valence-corrected chi connectivity index (χ1v) is 7.82. The Hall–Kier alpha value is -0.590. The van der Waals surface area contributed by atoms with Gasteiger partial charge < -0.3 is 9.88 Å². The lowest BCUT2D eigenvalue weighted by Gasteiger charge is -2.19. The molecule has 1 aromatic heterocycles. The Labute approximate surface area is 132 Å². The van der Waals surface area contributed by atoms with Crippen molar-refractivity contribution in [2.24, 2.45) is 0 Å². The van der Waals surface area contributed by atoms with Crippen molar-refractivity contribution in [3.05, 3.63) is 50.6 Å². The van der Waals surface area contributed by atoms with Crippen molar-refractivity contribution in [3.8, 4) is 0 Å². The van der Waals surface area contributed by atoms with E-state index >= 15 is 0 Å². The third kappa shape index (κ3) is 3.30. The fraction of sp³-hybridized carbons (Fsp3) is 0.357. The molecule has 0 bridgehead atoms. The van der Waals surface area contributed by atoms with Gasteiger partial charge in [0.15, 0.2) is 0 Å². The van der Waals surface area contributed by atoms with Crippen molar-refractivity contribution in [2.75, 3.05) is 6.54 Å². The van der Waals surface area contributed by atoms with Crippen LogP contribution in [-0.2, 0) is 6.54 Å². The number of hydrogen-bond acceptors (Lipinski definition) is 2. The summed E-state index contributed by atoms with van der Waals surface area (Å²) in [7, 11) is 0. The second-order valence-corrected chi connectivity index (χ2v) is 5.81. The third-order valence-corrected chi connectivity index (χ3v) is 4.60. The van der Waals surface area contributed by atoms with Crippen LogP contribution in [0.2, 0.25) is 5.02 Å². The van der Waals surface area contributed by atoms with Crippen LogP contribution in [0.4, 0.5) is 0 Å². The van der Waals surface area contributed by atoms with Crippen LogP contribution in [0.5, 0.6) is 0 Å². The summed E-state index contributed by atoms with van der Waals surface area (Å²) in [5.74, 6) is 1.03. The number of halogens is 2. The molecule has 1 atom stereocenters. The number of rotatable bonds is 5. The van der Waals surface area contributed by atoms with Gasteiger partial charge in [0.25, 0.3) is 0 Å². The third-order valence-electron chi connectivity index (χ3n) is 3.03. The number of hydrogen-bond donors (Lipinski definition) is 1. The fourth-order valence-electron chi connectivity index (χ4n) is 2.10. The van der Waals surface area contributed by atoms with E-state index in [4.69, 9.17) is 11.6 Å². The maximum atomic E-state index is 6.23. The van der Waals surface area contributed by atoms with Crippen molar-refractivity contribution >= 4 is 34.2 Å². The van der Waals surface area contributed by atoms with Crippen LogP contribution in [0, 0.1) is 3.57 Å². The van der Waals surface area contributed by atoms with Crippen molar-refractivity contribution < 1.29 is 0 Å². The zero-order valence-corrected chi connectivity index (χ0v) is 13.9. The van der Waals surface area contributed by atoms with Crippen LogP contribution < -0.4 is 5.32 Å². The lowest BCUT2D eigenvalue weighted by atomic mass is 10.1. The second-order valence-electron chi connectivity index (χ2n) is 4.24. The minimum atomic E-state index is 0.0782. The summed E-state index contributed by atoms with van der Waals surface area (Å²) < 4.78 is 3.22. The Morgan fingerprint density at radius 2 is 2.21 bits per heavy atom. The predicted octanol–water partition coefficient (Wildman–Crippen LogP) is 3.86. The van der Waals surface area contributed by atoms with E-state index in [9.17, 15) is 0 Å². The molecule has 1 unspecified atom stereocenters. The average Bonchev–Trinajstić information content (AvgIpc) is 2.87. The SMILES string of the molecule is CCNC(c1ccc(I)c(Cl)c1)c1nccn1CC. The summed E-state index contributed by atoms with van der Waals surface area (Å²) in [6, 6.07) is 6.25. The predicted molar refractivity (Wildman–Crippen MR) is 87.6 cm³/mol. The molecule has 0 aliphatic carbocycles. The number of aryl methyl sites for hydroxylation is 1. The maximum absolute atomic E-state index is 6.23. The van der Waals surface area contributed by atoms with Gasteiger partial charge in [-0.05, 0) is 53.8 Å². The first kappa shape index (κ1) is 14.8. The summed E-state index contributed by atoms with van der Waals surface area (Å²) in [6.07, 6.45) is 3.85. The molecule has 1 aromatic carbocycles. The highest BCUT2D eigenvalue weighted by molar-refractivity contribution is 14.1. The number of nitrogens with one attached hydrogen (secondary N) is 1. The molecular formula is C14H17ClIN3. The lowest BCUT2D eigenvalue weighted by Crippen LogP contribution is -2.25. The van der Waals surface area contributed by atoms with E-state index in [0.29, 0.717) is 0 Å². The minimum absolute atomic E-state index is 0.0782. The molecule has 1 heterocycles. The average molecular weight is 390 g/mol. The lowest BCUT2D eigenvalue weighted by molar-refractivity contribution is 0.559. The molecule has 2 aromatic rings. The van der Waals surface area contributed by atoms with Crippen molar-refractivity contribution in [3.63, 3.8) is 0 Å². The summed E-state index contributed by atoms with van der Waals surface area (Å²) in [6.45, 7) is 6.01. The van der Waals surface area contributed by atoms with Crippen molar-refractivity contribution in [2.45, 2.75) is 26.4 Å². The van der Waals surface area contributed by atoms with E-state index in [2.05, 4.69) is 57.4 Å². The number of benzene rings is 1. The standard InChI is InChI=1S/C14H17ClIN3/c1-3-17-13(14-18-7-8-19(14)4-2)10-5-6-12(16)11(15)9-10/h5-9,13,17H,3-4H2,1-2H3. The Bertz CT molecular complexity index is 553. The molecule has 0 amide bonds. The van der Waals surface area contributed by atoms with Gasteiger partial charge in [0.2, 0.25) is 0 Å². The van der Waals surface area contributed by atoms with Crippen molar-refractivity contribution in [1.29, 1.82) is 0 Å². The summed E-state index contributed by atoms with van der Waals surface area (Å²) in [4.78, 5) is 4.49. The molecule has 0 spiro atoms.